The van der Waals surface area contributed by atoms with E-state index in [1.54, 1.807) is 18.9 Å². The van der Waals surface area contributed by atoms with Gasteiger partial charge in [-0.25, -0.2) is 4.79 Å². The number of hydrogen-bond donors (Lipinski definition) is 1. The van der Waals surface area contributed by atoms with Gasteiger partial charge in [-0.15, -0.1) is 23.1 Å². The zero-order chi connectivity index (χ0) is 14.7. The maximum absolute atomic E-state index is 12.4. The number of amides is 2. The zero-order valence-corrected chi connectivity index (χ0v) is 13.2. The molecule has 2 amide bonds. The number of ether oxygens (including phenoxy) is 1. The molecule has 0 bridgehead atoms. The van der Waals surface area contributed by atoms with E-state index < -0.39 is 0 Å². The largest absolute Gasteiger partial charge is 0.497 e. The second-order valence-electron chi connectivity index (χ2n) is 4.60. The van der Waals surface area contributed by atoms with Crippen molar-refractivity contribution in [1.82, 2.24) is 4.90 Å². The third-order valence-corrected chi connectivity index (χ3v) is 5.33. The Labute approximate surface area is 132 Å². The summed E-state index contributed by atoms with van der Waals surface area (Å²) < 4.78 is 5.27. The van der Waals surface area contributed by atoms with Crippen LogP contribution in [0.4, 0.5) is 9.80 Å². The Hall–Kier alpha value is -1.66. The first kappa shape index (κ1) is 14.3. The summed E-state index contributed by atoms with van der Waals surface area (Å²) >= 11 is 3.30. The Morgan fingerprint density at radius 2 is 2.29 bits per heavy atom. The third kappa shape index (κ3) is 3.16. The van der Waals surface area contributed by atoms with E-state index >= 15 is 0 Å². The number of nitrogens with zero attached hydrogens (tertiary/aromatic N) is 1. The normalized spacial score (nSPS) is 17.8. The minimum absolute atomic E-state index is 0.0417. The maximum Gasteiger partial charge on any atom is 0.323 e. The average molecular weight is 320 g/mol. The predicted molar refractivity (Wildman–Crippen MR) is 88.2 cm³/mol. The van der Waals surface area contributed by atoms with Crippen molar-refractivity contribution in [2.75, 3.05) is 24.7 Å². The van der Waals surface area contributed by atoms with Gasteiger partial charge in [-0.1, -0.05) is 12.1 Å². The first-order chi connectivity index (χ1) is 10.3. The minimum atomic E-state index is -0.0460. The van der Waals surface area contributed by atoms with Crippen LogP contribution >= 0.6 is 23.1 Å². The molecule has 0 spiro atoms. The van der Waals surface area contributed by atoms with E-state index in [9.17, 15) is 4.79 Å². The lowest BCUT2D eigenvalue weighted by molar-refractivity contribution is 0.214. The summed E-state index contributed by atoms with van der Waals surface area (Å²) in [6, 6.07) is 11.7. The Morgan fingerprint density at radius 3 is 3.05 bits per heavy atom. The van der Waals surface area contributed by atoms with Crippen molar-refractivity contribution < 1.29 is 9.53 Å². The first-order valence-electron chi connectivity index (χ1n) is 6.64. The molecule has 1 atom stereocenters. The average Bonchev–Trinajstić information content (AvgIpc) is 3.18. The van der Waals surface area contributed by atoms with E-state index in [4.69, 9.17) is 4.74 Å². The molecule has 1 saturated heterocycles. The second-order valence-corrected chi connectivity index (χ2v) is 6.74. The standard InChI is InChI=1S/C15H16N2O2S2/c1-19-12-5-2-4-11(10-12)14-17(7-9-21-14)15(18)16-13-6-3-8-20-13/h2-6,8,10,14H,7,9H2,1H3,(H,16,18)/t14-/m0/s1. The fourth-order valence-electron chi connectivity index (χ4n) is 2.28. The second kappa shape index (κ2) is 6.41. The molecule has 2 heterocycles. The van der Waals surface area contributed by atoms with Crippen molar-refractivity contribution in [2.24, 2.45) is 0 Å². The summed E-state index contributed by atoms with van der Waals surface area (Å²) in [5, 5.41) is 5.82. The molecular formula is C15H16N2O2S2. The van der Waals surface area contributed by atoms with Crippen LogP contribution in [0.1, 0.15) is 10.9 Å². The van der Waals surface area contributed by atoms with Gasteiger partial charge < -0.3 is 9.64 Å². The number of urea groups is 1. The molecule has 1 fully saturated rings. The Bertz CT molecular complexity index is 616. The molecular weight excluding hydrogens is 304 g/mol. The minimum Gasteiger partial charge on any atom is -0.497 e. The molecule has 2 aromatic rings. The molecule has 6 heteroatoms. The van der Waals surface area contributed by atoms with E-state index in [1.165, 1.54) is 11.3 Å². The first-order valence-corrected chi connectivity index (χ1v) is 8.57. The zero-order valence-electron chi connectivity index (χ0n) is 11.6. The lowest BCUT2D eigenvalue weighted by Crippen LogP contribution is -2.34. The van der Waals surface area contributed by atoms with E-state index in [0.29, 0.717) is 0 Å². The van der Waals surface area contributed by atoms with Gasteiger partial charge in [0.1, 0.15) is 11.1 Å². The Morgan fingerprint density at radius 1 is 1.38 bits per heavy atom. The Balaban J connectivity index is 1.76. The number of anilines is 1. The summed E-state index contributed by atoms with van der Waals surface area (Å²) in [6.45, 7) is 0.754. The molecule has 21 heavy (non-hydrogen) atoms. The molecule has 0 saturated carbocycles. The van der Waals surface area contributed by atoms with Crippen LogP contribution in [0.15, 0.2) is 41.8 Å². The summed E-state index contributed by atoms with van der Waals surface area (Å²) in [5.74, 6) is 1.76. The molecule has 110 valence electrons. The number of thiophene rings is 1. The molecule has 0 unspecified atom stereocenters. The number of hydrogen-bond acceptors (Lipinski definition) is 4. The number of thioether (sulfide) groups is 1. The number of methoxy groups -OCH3 is 1. The quantitative estimate of drug-likeness (QED) is 0.928. The van der Waals surface area contributed by atoms with Crippen LogP contribution in [0, 0.1) is 0 Å². The lowest BCUT2D eigenvalue weighted by atomic mass is 10.2. The SMILES string of the molecule is COc1cccc([C@@H]2SCCN2C(=O)Nc2cccs2)c1. The van der Waals surface area contributed by atoms with Crippen molar-refractivity contribution in [1.29, 1.82) is 0 Å². The van der Waals surface area contributed by atoms with Crippen LogP contribution in [0.5, 0.6) is 5.75 Å². The summed E-state index contributed by atoms with van der Waals surface area (Å²) in [5.41, 5.74) is 1.10. The topological polar surface area (TPSA) is 41.6 Å². The van der Waals surface area contributed by atoms with E-state index in [-0.39, 0.29) is 11.4 Å². The smallest absolute Gasteiger partial charge is 0.323 e. The molecule has 1 aromatic heterocycles. The molecule has 4 nitrogen and oxygen atoms in total. The van der Waals surface area contributed by atoms with Gasteiger partial charge in [-0.2, -0.15) is 0 Å². The lowest BCUT2D eigenvalue weighted by Gasteiger charge is -2.24. The van der Waals surface area contributed by atoms with Gasteiger partial charge in [0, 0.05) is 12.3 Å². The van der Waals surface area contributed by atoms with Gasteiger partial charge in [0.25, 0.3) is 0 Å². The third-order valence-electron chi connectivity index (χ3n) is 3.28. The molecule has 3 rings (SSSR count). The van der Waals surface area contributed by atoms with E-state index in [0.717, 1.165) is 28.6 Å². The number of rotatable bonds is 3. The van der Waals surface area contributed by atoms with Crippen molar-refractivity contribution in [3.63, 3.8) is 0 Å². The molecule has 1 aliphatic heterocycles. The van der Waals surface area contributed by atoms with E-state index in [2.05, 4.69) is 5.32 Å². The fraction of sp³-hybridized carbons (Fsp3) is 0.267. The summed E-state index contributed by atoms with van der Waals surface area (Å²) in [6.07, 6.45) is 0. The molecule has 0 aliphatic carbocycles. The van der Waals surface area contributed by atoms with Crippen LogP contribution in [0.3, 0.4) is 0 Å². The van der Waals surface area contributed by atoms with Crippen LogP contribution in [0.2, 0.25) is 0 Å². The number of carbonyl (C=O) groups excluding carboxylic acids is 1. The molecule has 1 aliphatic rings. The van der Waals surface area contributed by atoms with Gasteiger partial charge in [0.05, 0.1) is 12.1 Å². The van der Waals surface area contributed by atoms with Gasteiger partial charge in [-0.3, -0.25) is 5.32 Å². The highest BCUT2D eigenvalue weighted by Gasteiger charge is 2.31. The van der Waals surface area contributed by atoms with Crippen LogP contribution < -0.4 is 10.1 Å². The van der Waals surface area contributed by atoms with Gasteiger partial charge in [0.15, 0.2) is 0 Å². The van der Waals surface area contributed by atoms with Crippen molar-refractivity contribution in [3.8, 4) is 5.75 Å². The maximum atomic E-state index is 12.4. The summed E-state index contributed by atoms with van der Waals surface area (Å²) in [4.78, 5) is 14.3. The number of benzene rings is 1. The highest BCUT2D eigenvalue weighted by molar-refractivity contribution is 7.99. The van der Waals surface area contributed by atoms with Crippen LogP contribution in [0.25, 0.3) is 0 Å². The highest BCUT2D eigenvalue weighted by atomic mass is 32.2. The molecule has 1 N–H and O–H groups in total. The van der Waals surface area contributed by atoms with Gasteiger partial charge in [0.2, 0.25) is 0 Å². The monoisotopic (exact) mass is 320 g/mol. The number of nitrogens with one attached hydrogen (secondary N) is 1. The van der Waals surface area contributed by atoms with Crippen molar-refractivity contribution >= 4 is 34.1 Å². The summed E-state index contributed by atoms with van der Waals surface area (Å²) in [7, 11) is 1.65. The van der Waals surface area contributed by atoms with Gasteiger partial charge in [-0.05, 0) is 35.2 Å². The van der Waals surface area contributed by atoms with E-state index in [1.807, 2.05) is 46.7 Å². The molecule has 0 radical (unpaired) electrons. The highest BCUT2D eigenvalue weighted by Crippen LogP contribution is 2.39. The van der Waals surface area contributed by atoms with Crippen LogP contribution in [-0.4, -0.2) is 30.3 Å². The van der Waals surface area contributed by atoms with Crippen LogP contribution in [-0.2, 0) is 0 Å². The van der Waals surface area contributed by atoms with Crippen molar-refractivity contribution in [2.45, 2.75) is 5.37 Å². The van der Waals surface area contributed by atoms with Crippen molar-refractivity contribution in [3.05, 3.63) is 47.3 Å². The predicted octanol–water partition coefficient (Wildman–Crippen LogP) is 4.04. The molecule has 1 aromatic carbocycles. The Kier molecular flexibility index (Phi) is 4.36. The van der Waals surface area contributed by atoms with Gasteiger partial charge >= 0.3 is 6.03 Å². The number of carbonyl (C=O) groups is 1. The fourth-order valence-corrected chi connectivity index (χ4v) is 4.13.